The fourth-order valence-electron chi connectivity index (χ4n) is 2.12. The molecule has 82 valence electrons. The summed E-state index contributed by atoms with van der Waals surface area (Å²) in [6.07, 6.45) is 0. The Bertz CT molecular complexity index is 348. The van der Waals surface area contributed by atoms with Crippen LogP contribution in [0.4, 0.5) is 0 Å². The van der Waals surface area contributed by atoms with Crippen molar-refractivity contribution in [1.82, 2.24) is 5.32 Å². The van der Waals surface area contributed by atoms with E-state index < -0.39 is 0 Å². The van der Waals surface area contributed by atoms with Gasteiger partial charge in [-0.2, -0.15) is 0 Å². The Morgan fingerprint density at radius 2 is 2.07 bits per heavy atom. The van der Waals surface area contributed by atoms with Crippen LogP contribution in [-0.2, 0) is 4.74 Å². The third kappa shape index (κ3) is 2.39. The smallest absolute Gasteiger partial charge is 0.0662 e. The Kier molecular flexibility index (Phi) is 3.08. The van der Waals surface area contributed by atoms with Gasteiger partial charge in [0.2, 0.25) is 0 Å². The van der Waals surface area contributed by atoms with E-state index in [0.29, 0.717) is 12.1 Å². The molecular weight excluding hydrogens is 186 g/mol. The van der Waals surface area contributed by atoms with Gasteiger partial charge in [-0.15, -0.1) is 0 Å². The summed E-state index contributed by atoms with van der Waals surface area (Å²) in [5.41, 5.74) is 4.04. The molecular formula is C13H19NO. The largest absolute Gasteiger partial charge is 0.378 e. The van der Waals surface area contributed by atoms with Crippen molar-refractivity contribution in [2.75, 3.05) is 13.2 Å². The predicted octanol–water partition coefficient (Wildman–Crippen LogP) is 2.35. The van der Waals surface area contributed by atoms with Crippen molar-refractivity contribution in [3.05, 3.63) is 34.9 Å². The fourth-order valence-corrected chi connectivity index (χ4v) is 2.12. The number of morpholine rings is 1. The Morgan fingerprint density at radius 1 is 1.27 bits per heavy atom. The average molecular weight is 205 g/mol. The molecule has 2 nitrogen and oxygen atoms in total. The van der Waals surface area contributed by atoms with Crippen LogP contribution in [0.1, 0.15) is 29.7 Å². The summed E-state index contributed by atoms with van der Waals surface area (Å²) in [6, 6.07) is 7.41. The van der Waals surface area contributed by atoms with Crippen molar-refractivity contribution < 1.29 is 4.74 Å². The minimum atomic E-state index is 0.355. The lowest BCUT2D eigenvalue weighted by atomic mass is 9.98. The van der Waals surface area contributed by atoms with Crippen LogP contribution >= 0.6 is 0 Å². The quantitative estimate of drug-likeness (QED) is 0.760. The molecule has 2 unspecified atom stereocenters. The molecule has 2 rings (SSSR count). The summed E-state index contributed by atoms with van der Waals surface area (Å²) in [4.78, 5) is 0. The molecule has 1 aromatic rings. The van der Waals surface area contributed by atoms with Gasteiger partial charge in [0, 0.05) is 6.04 Å². The van der Waals surface area contributed by atoms with Gasteiger partial charge in [-0.25, -0.2) is 0 Å². The normalized spacial score (nSPS) is 26.6. The van der Waals surface area contributed by atoms with Crippen LogP contribution in [0.25, 0.3) is 0 Å². The van der Waals surface area contributed by atoms with Crippen molar-refractivity contribution in [3.8, 4) is 0 Å². The number of benzene rings is 1. The van der Waals surface area contributed by atoms with E-state index in [1.807, 2.05) is 0 Å². The molecule has 0 amide bonds. The predicted molar refractivity (Wildman–Crippen MR) is 62.1 cm³/mol. The second-order valence-corrected chi connectivity index (χ2v) is 4.52. The number of rotatable bonds is 1. The van der Waals surface area contributed by atoms with E-state index in [0.717, 1.165) is 13.2 Å². The molecule has 0 aromatic heterocycles. The first-order valence-corrected chi connectivity index (χ1v) is 5.58. The molecule has 0 saturated carbocycles. The SMILES string of the molecule is Cc1ccc(C)c(C2COCC(C)N2)c1. The molecule has 1 aliphatic heterocycles. The first kappa shape index (κ1) is 10.7. The minimum absolute atomic E-state index is 0.355. The average Bonchev–Trinajstić information content (AvgIpc) is 2.22. The van der Waals surface area contributed by atoms with Crippen molar-refractivity contribution >= 4 is 0 Å². The zero-order valence-corrected chi connectivity index (χ0v) is 9.71. The second kappa shape index (κ2) is 4.33. The molecule has 1 aromatic carbocycles. The van der Waals surface area contributed by atoms with Crippen LogP contribution in [0.3, 0.4) is 0 Å². The van der Waals surface area contributed by atoms with Gasteiger partial charge in [-0.3, -0.25) is 0 Å². The molecule has 2 atom stereocenters. The van der Waals surface area contributed by atoms with Crippen LogP contribution in [0.2, 0.25) is 0 Å². The van der Waals surface area contributed by atoms with Crippen LogP contribution in [0, 0.1) is 13.8 Å². The maximum absolute atomic E-state index is 5.58. The van der Waals surface area contributed by atoms with Crippen LogP contribution < -0.4 is 5.32 Å². The number of hydrogen-bond acceptors (Lipinski definition) is 2. The molecule has 0 aliphatic carbocycles. The summed E-state index contributed by atoms with van der Waals surface area (Å²) < 4.78 is 5.58. The van der Waals surface area contributed by atoms with Crippen molar-refractivity contribution in [2.24, 2.45) is 0 Å². The van der Waals surface area contributed by atoms with Gasteiger partial charge in [0.1, 0.15) is 0 Å². The number of ether oxygens (including phenoxy) is 1. The molecule has 15 heavy (non-hydrogen) atoms. The highest BCUT2D eigenvalue weighted by molar-refractivity contribution is 5.33. The van der Waals surface area contributed by atoms with Crippen LogP contribution in [0.15, 0.2) is 18.2 Å². The summed E-state index contributed by atoms with van der Waals surface area (Å²) in [5, 5.41) is 3.58. The monoisotopic (exact) mass is 205 g/mol. The zero-order valence-electron chi connectivity index (χ0n) is 9.71. The second-order valence-electron chi connectivity index (χ2n) is 4.52. The molecule has 2 heteroatoms. The van der Waals surface area contributed by atoms with Crippen molar-refractivity contribution in [2.45, 2.75) is 32.9 Å². The van der Waals surface area contributed by atoms with Gasteiger partial charge in [0.15, 0.2) is 0 Å². The van der Waals surface area contributed by atoms with E-state index >= 15 is 0 Å². The van der Waals surface area contributed by atoms with Crippen molar-refractivity contribution in [3.63, 3.8) is 0 Å². The van der Waals surface area contributed by atoms with Crippen LogP contribution in [-0.4, -0.2) is 19.3 Å². The molecule has 1 saturated heterocycles. The molecule has 0 bridgehead atoms. The zero-order chi connectivity index (χ0) is 10.8. The van der Waals surface area contributed by atoms with Gasteiger partial charge < -0.3 is 10.1 Å². The highest BCUT2D eigenvalue weighted by Gasteiger charge is 2.20. The number of nitrogens with one attached hydrogen (secondary N) is 1. The lowest BCUT2D eigenvalue weighted by Crippen LogP contribution is -2.42. The lowest BCUT2D eigenvalue weighted by Gasteiger charge is -2.30. The van der Waals surface area contributed by atoms with E-state index in [2.05, 4.69) is 44.3 Å². The summed E-state index contributed by atoms with van der Waals surface area (Å²) in [5.74, 6) is 0. The topological polar surface area (TPSA) is 21.3 Å². The maximum Gasteiger partial charge on any atom is 0.0662 e. The first-order chi connectivity index (χ1) is 7.16. The van der Waals surface area contributed by atoms with Crippen molar-refractivity contribution in [1.29, 1.82) is 0 Å². The molecule has 0 radical (unpaired) electrons. The minimum Gasteiger partial charge on any atom is -0.378 e. The third-order valence-corrected chi connectivity index (χ3v) is 2.95. The summed E-state index contributed by atoms with van der Waals surface area (Å²) in [7, 11) is 0. The van der Waals surface area contributed by atoms with E-state index in [9.17, 15) is 0 Å². The maximum atomic E-state index is 5.58. The lowest BCUT2D eigenvalue weighted by molar-refractivity contribution is 0.0502. The summed E-state index contributed by atoms with van der Waals surface area (Å²) >= 11 is 0. The fraction of sp³-hybridized carbons (Fsp3) is 0.538. The molecule has 1 heterocycles. The molecule has 1 fully saturated rings. The van der Waals surface area contributed by atoms with Gasteiger partial charge in [-0.05, 0) is 31.9 Å². The Labute approximate surface area is 91.6 Å². The Morgan fingerprint density at radius 3 is 2.80 bits per heavy atom. The molecule has 1 aliphatic rings. The number of hydrogen-bond donors (Lipinski definition) is 1. The Hall–Kier alpha value is -0.860. The van der Waals surface area contributed by atoms with E-state index in [-0.39, 0.29) is 0 Å². The van der Waals surface area contributed by atoms with E-state index in [4.69, 9.17) is 4.74 Å². The number of aryl methyl sites for hydroxylation is 2. The van der Waals surface area contributed by atoms with Gasteiger partial charge in [-0.1, -0.05) is 23.8 Å². The molecule has 0 spiro atoms. The standard InChI is InChI=1S/C13H19NO/c1-9-4-5-10(2)12(6-9)13-8-15-7-11(3)14-13/h4-6,11,13-14H,7-8H2,1-3H3. The highest BCUT2D eigenvalue weighted by atomic mass is 16.5. The van der Waals surface area contributed by atoms with Gasteiger partial charge in [0.05, 0.1) is 19.3 Å². The molecule has 1 N–H and O–H groups in total. The Balaban J connectivity index is 2.24. The van der Waals surface area contributed by atoms with Gasteiger partial charge in [0.25, 0.3) is 0 Å². The third-order valence-electron chi connectivity index (χ3n) is 2.95. The van der Waals surface area contributed by atoms with Crippen LogP contribution in [0.5, 0.6) is 0 Å². The van der Waals surface area contributed by atoms with E-state index in [1.54, 1.807) is 0 Å². The van der Waals surface area contributed by atoms with Gasteiger partial charge >= 0.3 is 0 Å². The highest BCUT2D eigenvalue weighted by Crippen LogP contribution is 2.22. The van der Waals surface area contributed by atoms with E-state index in [1.165, 1.54) is 16.7 Å². The summed E-state index contributed by atoms with van der Waals surface area (Å²) in [6.45, 7) is 8.07. The first-order valence-electron chi connectivity index (χ1n) is 5.58.